The lowest BCUT2D eigenvalue weighted by molar-refractivity contribution is 0.116. The summed E-state index contributed by atoms with van der Waals surface area (Å²) in [4.78, 5) is 2.26. The normalized spacial score (nSPS) is 22.7. The Morgan fingerprint density at radius 3 is 2.63 bits per heavy atom. The van der Waals surface area contributed by atoms with E-state index >= 15 is 0 Å². The fourth-order valence-corrected chi connectivity index (χ4v) is 4.75. The molecule has 2 unspecified atom stereocenters. The smallest absolute Gasteiger partial charge is 0.118 e. The lowest BCUT2D eigenvalue weighted by Gasteiger charge is -2.36. The number of allylic oxidation sites excluding steroid dienone is 1. The summed E-state index contributed by atoms with van der Waals surface area (Å²) in [6.07, 6.45) is 1.98. The van der Waals surface area contributed by atoms with E-state index in [9.17, 15) is 4.39 Å². The van der Waals surface area contributed by atoms with Crippen LogP contribution in [0.3, 0.4) is 0 Å². The number of hydrogen-bond donors (Lipinski definition) is 0. The SMILES string of the molecule is C=C1CCc2c1ccc(C1CC(F)CN(Cc3ccc(OC)cc3)C1)c2C. The number of methoxy groups -OCH3 is 1. The number of piperidine rings is 1. The van der Waals surface area contributed by atoms with Crippen LogP contribution in [0.2, 0.25) is 0 Å². The number of fused-ring (bicyclic) bond motifs is 1. The van der Waals surface area contributed by atoms with Gasteiger partial charge in [-0.1, -0.05) is 30.8 Å². The van der Waals surface area contributed by atoms with Gasteiger partial charge in [0, 0.05) is 19.6 Å². The number of likely N-dealkylation sites (tertiary alicyclic amines) is 1. The highest BCUT2D eigenvalue weighted by Gasteiger charge is 2.30. The van der Waals surface area contributed by atoms with Gasteiger partial charge in [-0.2, -0.15) is 0 Å². The number of rotatable bonds is 4. The Bertz CT molecular complexity index is 842. The summed E-state index contributed by atoms with van der Waals surface area (Å²) >= 11 is 0. The van der Waals surface area contributed by atoms with Gasteiger partial charge in [-0.05, 0) is 77.6 Å². The third-order valence-corrected chi connectivity index (χ3v) is 6.18. The van der Waals surface area contributed by atoms with Gasteiger partial charge in [0.15, 0.2) is 0 Å². The molecule has 2 aliphatic rings. The molecule has 2 aromatic rings. The van der Waals surface area contributed by atoms with Crippen molar-refractivity contribution in [2.24, 2.45) is 0 Å². The maximum atomic E-state index is 14.6. The summed E-state index contributed by atoms with van der Waals surface area (Å²) in [5, 5.41) is 0. The van der Waals surface area contributed by atoms with Crippen LogP contribution >= 0.6 is 0 Å². The van der Waals surface area contributed by atoms with Crippen molar-refractivity contribution in [3.63, 3.8) is 0 Å². The Hall–Kier alpha value is -2.13. The summed E-state index contributed by atoms with van der Waals surface area (Å²) in [5.41, 5.74) is 7.87. The van der Waals surface area contributed by atoms with Crippen LogP contribution in [0, 0.1) is 6.92 Å². The average Bonchev–Trinajstić information content (AvgIpc) is 3.04. The second-order valence-electron chi connectivity index (χ2n) is 7.98. The molecule has 1 heterocycles. The molecule has 1 fully saturated rings. The Labute approximate surface area is 161 Å². The van der Waals surface area contributed by atoms with Crippen molar-refractivity contribution in [1.82, 2.24) is 4.90 Å². The molecule has 27 heavy (non-hydrogen) atoms. The molecule has 142 valence electrons. The number of hydrogen-bond acceptors (Lipinski definition) is 2. The van der Waals surface area contributed by atoms with Crippen LogP contribution in [0.4, 0.5) is 4.39 Å². The highest BCUT2D eigenvalue weighted by molar-refractivity contribution is 5.72. The third kappa shape index (κ3) is 3.66. The van der Waals surface area contributed by atoms with E-state index in [1.165, 1.54) is 33.4 Å². The average molecular weight is 365 g/mol. The predicted molar refractivity (Wildman–Crippen MR) is 109 cm³/mol. The fraction of sp³-hybridized carbons (Fsp3) is 0.417. The highest BCUT2D eigenvalue weighted by Crippen LogP contribution is 2.38. The van der Waals surface area contributed by atoms with Gasteiger partial charge in [0.05, 0.1) is 7.11 Å². The minimum Gasteiger partial charge on any atom is -0.497 e. The maximum Gasteiger partial charge on any atom is 0.118 e. The monoisotopic (exact) mass is 365 g/mol. The number of alkyl halides is 1. The topological polar surface area (TPSA) is 12.5 Å². The zero-order chi connectivity index (χ0) is 19.0. The van der Waals surface area contributed by atoms with Gasteiger partial charge in [-0.15, -0.1) is 0 Å². The molecule has 0 bridgehead atoms. The quantitative estimate of drug-likeness (QED) is 0.730. The van der Waals surface area contributed by atoms with Crippen LogP contribution < -0.4 is 4.74 Å². The Morgan fingerprint density at radius 1 is 1.11 bits per heavy atom. The van der Waals surface area contributed by atoms with Gasteiger partial charge >= 0.3 is 0 Å². The van der Waals surface area contributed by atoms with Crippen LogP contribution in [-0.4, -0.2) is 31.3 Å². The van der Waals surface area contributed by atoms with Crippen LogP contribution in [0.25, 0.3) is 5.57 Å². The summed E-state index contributed by atoms with van der Waals surface area (Å²) in [5.74, 6) is 1.11. The molecular formula is C24H28FNO. The lowest BCUT2D eigenvalue weighted by atomic mass is 9.84. The van der Waals surface area contributed by atoms with Crippen molar-refractivity contribution in [3.8, 4) is 5.75 Å². The van der Waals surface area contributed by atoms with Gasteiger partial charge in [-0.25, -0.2) is 4.39 Å². The molecule has 0 spiro atoms. The first-order valence-corrected chi connectivity index (χ1v) is 9.85. The number of ether oxygens (including phenoxy) is 1. The summed E-state index contributed by atoms with van der Waals surface area (Å²) in [6, 6.07) is 12.5. The third-order valence-electron chi connectivity index (χ3n) is 6.18. The van der Waals surface area contributed by atoms with Gasteiger partial charge in [0.2, 0.25) is 0 Å². The summed E-state index contributed by atoms with van der Waals surface area (Å²) in [7, 11) is 1.67. The van der Waals surface area contributed by atoms with Crippen molar-refractivity contribution in [1.29, 1.82) is 0 Å². The molecule has 2 nitrogen and oxygen atoms in total. The van der Waals surface area contributed by atoms with Gasteiger partial charge < -0.3 is 4.74 Å². The molecule has 4 rings (SSSR count). The number of halogens is 1. The van der Waals surface area contributed by atoms with Gasteiger partial charge in [-0.3, -0.25) is 4.90 Å². The Kier molecular flexibility index (Phi) is 5.05. The maximum absolute atomic E-state index is 14.6. The van der Waals surface area contributed by atoms with Crippen LogP contribution in [0.5, 0.6) is 5.75 Å². The second-order valence-corrected chi connectivity index (χ2v) is 7.98. The number of nitrogens with zero attached hydrogens (tertiary/aromatic N) is 1. The molecule has 1 saturated heterocycles. The minimum atomic E-state index is -0.774. The summed E-state index contributed by atoms with van der Waals surface area (Å²) in [6.45, 7) is 8.60. The Balaban J connectivity index is 1.53. The van der Waals surface area contributed by atoms with Crippen molar-refractivity contribution in [2.45, 2.75) is 44.8 Å². The fourth-order valence-electron chi connectivity index (χ4n) is 4.75. The van der Waals surface area contributed by atoms with E-state index in [2.05, 4.69) is 42.7 Å². The molecule has 0 N–H and O–H groups in total. The van der Waals surface area contributed by atoms with E-state index in [-0.39, 0.29) is 5.92 Å². The van der Waals surface area contributed by atoms with Crippen molar-refractivity contribution in [3.05, 3.63) is 70.8 Å². The predicted octanol–water partition coefficient (Wildman–Crippen LogP) is 5.29. The first kappa shape index (κ1) is 18.2. The van der Waals surface area contributed by atoms with Gasteiger partial charge in [0.1, 0.15) is 11.9 Å². The largest absolute Gasteiger partial charge is 0.497 e. The van der Waals surface area contributed by atoms with Crippen molar-refractivity contribution < 1.29 is 9.13 Å². The molecule has 0 aromatic heterocycles. The molecule has 0 amide bonds. The van der Waals surface area contributed by atoms with Crippen LogP contribution in [-0.2, 0) is 13.0 Å². The van der Waals surface area contributed by atoms with E-state index in [1.807, 2.05) is 12.1 Å². The first-order valence-electron chi connectivity index (χ1n) is 9.85. The van der Waals surface area contributed by atoms with E-state index in [0.29, 0.717) is 13.0 Å². The molecule has 0 saturated carbocycles. The molecular weight excluding hydrogens is 337 g/mol. The van der Waals surface area contributed by atoms with Crippen molar-refractivity contribution >= 4 is 5.57 Å². The van der Waals surface area contributed by atoms with Crippen molar-refractivity contribution in [2.75, 3.05) is 20.2 Å². The second kappa shape index (κ2) is 7.47. The van der Waals surface area contributed by atoms with Crippen LogP contribution in [0.15, 0.2) is 43.0 Å². The van der Waals surface area contributed by atoms with E-state index in [0.717, 1.165) is 31.7 Å². The standard InChI is InChI=1S/C24H28FNO/c1-16-4-9-24-17(2)23(11-10-22(16)24)19-12-20(25)15-26(14-19)13-18-5-7-21(27-3)8-6-18/h5-8,10-11,19-20H,1,4,9,12-15H2,2-3H3. The zero-order valence-corrected chi connectivity index (χ0v) is 16.3. The lowest BCUT2D eigenvalue weighted by Crippen LogP contribution is -2.40. The Morgan fingerprint density at radius 2 is 1.89 bits per heavy atom. The molecule has 1 aliphatic carbocycles. The molecule has 2 aromatic carbocycles. The highest BCUT2D eigenvalue weighted by atomic mass is 19.1. The van der Waals surface area contributed by atoms with Gasteiger partial charge in [0.25, 0.3) is 0 Å². The van der Waals surface area contributed by atoms with E-state index < -0.39 is 6.17 Å². The van der Waals surface area contributed by atoms with E-state index in [1.54, 1.807) is 7.11 Å². The molecule has 2 atom stereocenters. The van der Waals surface area contributed by atoms with Crippen LogP contribution in [0.1, 0.15) is 46.6 Å². The van der Waals surface area contributed by atoms with E-state index in [4.69, 9.17) is 4.74 Å². The molecule has 0 radical (unpaired) electrons. The minimum absolute atomic E-state index is 0.256. The first-order chi connectivity index (χ1) is 13.0. The zero-order valence-electron chi connectivity index (χ0n) is 16.3. The number of benzene rings is 2. The molecule has 1 aliphatic heterocycles. The summed E-state index contributed by atoms with van der Waals surface area (Å²) < 4.78 is 19.8. The molecule has 3 heteroatoms.